The summed E-state index contributed by atoms with van der Waals surface area (Å²) in [5.41, 5.74) is 3.57. The third-order valence-corrected chi connectivity index (χ3v) is 3.91. The number of aromatic nitrogens is 2. The zero-order valence-electron chi connectivity index (χ0n) is 13.6. The van der Waals surface area contributed by atoms with Gasteiger partial charge in [-0.3, -0.25) is 0 Å². The van der Waals surface area contributed by atoms with Crippen LogP contribution < -0.4 is 10.1 Å². The second-order valence-corrected chi connectivity index (χ2v) is 6.05. The van der Waals surface area contributed by atoms with Crippen LogP contribution in [0.3, 0.4) is 0 Å². The molecule has 2 aromatic rings. The summed E-state index contributed by atoms with van der Waals surface area (Å²) >= 11 is 0. The fourth-order valence-electron chi connectivity index (χ4n) is 2.63. The Labute approximate surface area is 127 Å². The maximum Gasteiger partial charge on any atom is 0.216 e. The normalized spacial score (nSPS) is 11.7. The van der Waals surface area contributed by atoms with Crippen LogP contribution in [0, 0.1) is 6.92 Å². The number of aryl methyl sites for hydroxylation is 2. The van der Waals surface area contributed by atoms with Crippen molar-refractivity contribution in [2.24, 2.45) is 7.05 Å². The van der Waals surface area contributed by atoms with Crippen LogP contribution in [0.25, 0.3) is 0 Å². The average Bonchev–Trinajstić information content (AvgIpc) is 2.73. The Morgan fingerprint density at radius 1 is 1.24 bits per heavy atom. The largest absolute Gasteiger partial charge is 0.481 e. The zero-order valence-corrected chi connectivity index (χ0v) is 13.6. The topological polar surface area (TPSA) is 39.1 Å². The standard InChI is InChI=1S/C17H25N3O/c1-13-15(16(21-5)20(4)19-13)11-18-12-17(2,3)14-9-7-6-8-10-14/h6-10,18H,11-12H2,1-5H3. The zero-order chi connectivity index (χ0) is 15.5. The highest BCUT2D eigenvalue weighted by Gasteiger charge is 2.21. The molecule has 4 heteroatoms. The fourth-order valence-corrected chi connectivity index (χ4v) is 2.63. The van der Waals surface area contributed by atoms with E-state index in [1.165, 1.54) is 5.56 Å². The molecule has 0 amide bonds. The Balaban J connectivity index is 2.02. The minimum atomic E-state index is 0.0879. The number of methoxy groups -OCH3 is 1. The molecule has 1 N–H and O–H groups in total. The second-order valence-electron chi connectivity index (χ2n) is 6.05. The number of rotatable bonds is 6. The van der Waals surface area contributed by atoms with E-state index in [2.05, 4.69) is 54.6 Å². The molecule has 0 aliphatic carbocycles. The van der Waals surface area contributed by atoms with Gasteiger partial charge in [-0.2, -0.15) is 5.10 Å². The molecule has 114 valence electrons. The summed E-state index contributed by atoms with van der Waals surface area (Å²) in [7, 11) is 3.59. The van der Waals surface area contributed by atoms with E-state index >= 15 is 0 Å². The van der Waals surface area contributed by atoms with Gasteiger partial charge < -0.3 is 10.1 Å². The minimum Gasteiger partial charge on any atom is -0.481 e. The fraction of sp³-hybridized carbons (Fsp3) is 0.471. The summed E-state index contributed by atoms with van der Waals surface area (Å²) < 4.78 is 7.21. The number of nitrogens with one attached hydrogen (secondary N) is 1. The van der Waals surface area contributed by atoms with Gasteiger partial charge in [-0.25, -0.2) is 4.68 Å². The van der Waals surface area contributed by atoms with Gasteiger partial charge >= 0.3 is 0 Å². The highest BCUT2D eigenvalue weighted by Crippen LogP contribution is 2.23. The molecule has 1 heterocycles. The van der Waals surface area contributed by atoms with E-state index in [9.17, 15) is 0 Å². The lowest BCUT2D eigenvalue weighted by Crippen LogP contribution is -2.32. The van der Waals surface area contributed by atoms with Gasteiger partial charge in [0, 0.05) is 25.6 Å². The van der Waals surface area contributed by atoms with Crippen molar-refractivity contribution in [2.75, 3.05) is 13.7 Å². The molecule has 1 aromatic carbocycles. The van der Waals surface area contributed by atoms with Gasteiger partial charge in [0.05, 0.1) is 18.4 Å². The summed E-state index contributed by atoms with van der Waals surface area (Å²) in [5.74, 6) is 0.831. The van der Waals surface area contributed by atoms with Crippen molar-refractivity contribution in [3.63, 3.8) is 0 Å². The molecular formula is C17H25N3O. The van der Waals surface area contributed by atoms with E-state index in [0.29, 0.717) is 0 Å². The maximum atomic E-state index is 5.42. The summed E-state index contributed by atoms with van der Waals surface area (Å²) in [4.78, 5) is 0. The quantitative estimate of drug-likeness (QED) is 0.888. The summed E-state index contributed by atoms with van der Waals surface area (Å²) in [6, 6.07) is 10.6. The van der Waals surface area contributed by atoms with Crippen LogP contribution in [0.5, 0.6) is 5.88 Å². The molecule has 0 saturated heterocycles. The molecule has 0 radical (unpaired) electrons. The lowest BCUT2D eigenvalue weighted by Gasteiger charge is -2.25. The smallest absolute Gasteiger partial charge is 0.216 e. The van der Waals surface area contributed by atoms with Gasteiger partial charge in [-0.05, 0) is 12.5 Å². The molecule has 0 aliphatic heterocycles. The Morgan fingerprint density at radius 3 is 2.52 bits per heavy atom. The monoisotopic (exact) mass is 287 g/mol. The maximum absolute atomic E-state index is 5.42. The van der Waals surface area contributed by atoms with Gasteiger partial charge in [0.1, 0.15) is 0 Å². The molecule has 21 heavy (non-hydrogen) atoms. The molecule has 0 spiro atoms. The minimum absolute atomic E-state index is 0.0879. The van der Waals surface area contributed by atoms with Crippen LogP contribution in [0.2, 0.25) is 0 Å². The van der Waals surface area contributed by atoms with Crippen LogP contribution in [0.15, 0.2) is 30.3 Å². The van der Waals surface area contributed by atoms with E-state index in [1.54, 1.807) is 11.8 Å². The van der Waals surface area contributed by atoms with E-state index in [-0.39, 0.29) is 5.41 Å². The number of benzene rings is 1. The lowest BCUT2D eigenvalue weighted by atomic mass is 9.84. The molecule has 4 nitrogen and oxygen atoms in total. The molecule has 1 aromatic heterocycles. The Kier molecular flexibility index (Phi) is 4.68. The molecule has 0 fully saturated rings. The molecule has 0 bridgehead atoms. The second kappa shape index (κ2) is 6.31. The van der Waals surface area contributed by atoms with Crippen molar-refractivity contribution >= 4 is 0 Å². The van der Waals surface area contributed by atoms with E-state index in [1.807, 2.05) is 14.0 Å². The average molecular weight is 287 g/mol. The van der Waals surface area contributed by atoms with Crippen LogP contribution in [0.1, 0.15) is 30.7 Å². The molecule has 0 atom stereocenters. The van der Waals surface area contributed by atoms with E-state index in [4.69, 9.17) is 4.74 Å². The van der Waals surface area contributed by atoms with Gasteiger partial charge in [0.2, 0.25) is 5.88 Å². The van der Waals surface area contributed by atoms with Crippen molar-refractivity contribution in [1.82, 2.24) is 15.1 Å². The molecule has 0 unspecified atom stereocenters. The first-order valence-corrected chi connectivity index (χ1v) is 7.28. The summed E-state index contributed by atoms with van der Waals surface area (Å²) in [6.45, 7) is 8.18. The molecular weight excluding hydrogens is 262 g/mol. The lowest BCUT2D eigenvalue weighted by molar-refractivity contribution is 0.366. The number of ether oxygens (including phenoxy) is 1. The Bertz CT molecular complexity index is 588. The van der Waals surface area contributed by atoms with Crippen LogP contribution in [-0.4, -0.2) is 23.4 Å². The predicted molar refractivity (Wildman–Crippen MR) is 85.7 cm³/mol. The highest BCUT2D eigenvalue weighted by atomic mass is 16.5. The SMILES string of the molecule is COc1c(CNCC(C)(C)c2ccccc2)c(C)nn1C. The Morgan fingerprint density at radius 2 is 1.90 bits per heavy atom. The van der Waals surface area contributed by atoms with Gasteiger partial charge in [-0.15, -0.1) is 0 Å². The van der Waals surface area contributed by atoms with Crippen LogP contribution in [-0.2, 0) is 19.0 Å². The van der Waals surface area contributed by atoms with E-state index in [0.717, 1.165) is 30.2 Å². The van der Waals surface area contributed by atoms with Crippen molar-refractivity contribution in [1.29, 1.82) is 0 Å². The van der Waals surface area contributed by atoms with Gasteiger partial charge in [0.15, 0.2) is 0 Å². The first kappa shape index (κ1) is 15.6. The van der Waals surface area contributed by atoms with Crippen molar-refractivity contribution in [3.8, 4) is 5.88 Å². The van der Waals surface area contributed by atoms with Gasteiger partial charge in [-0.1, -0.05) is 44.2 Å². The summed E-state index contributed by atoms with van der Waals surface area (Å²) in [6.07, 6.45) is 0. The molecule has 2 rings (SSSR count). The van der Waals surface area contributed by atoms with Crippen LogP contribution >= 0.6 is 0 Å². The van der Waals surface area contributed by atoms with Crippen molar-refractivity contribution < 1.29 is 4.74 Å². The van der Waals surface area contributed by atoms with Crippen LogP contribution in [0.4, 0.5) is 0 Å². The highest BCUT2D eigenvalue weighted by molar-refractivity contribution is 5.31. The van der Waals surface area contributed by atoms with Crippen molar-refractivity contribution in [3.05, 3.63) is 47.2 Å². The third kappa shape index (κ3) is 3.45. The first-order chi connectivity index (χ1) is 9.95. The number of hydrogen-bond acceptors (Lipinski definition) is 3. The number of hydrogen-bond donors (Lipinski definition) is 1. The summed E-state index contributed by atoms with van der Waals surface area (Å²) in [5, 5.41) is 7.94. The predicted octanol–water partition coefficient (Wildman–Crippen LogP) is 2.80. The van der Waals surface area contributed by atoms with E-state index < -0.39 is 0 Å². The van der Waals surface area contributed by atoms with Crippen molar-refractivity contribution in [2.45, 2.75) is 32.7 Å². The molecule has 0 saturated carbocycles. The number of nitrogens with zero attached hydrogens (tertiary/aromatic N) is 2. The van der Waals surface area contributed by atoms with Gasteiger partial charge in [0.25, 0.3) is 0 Å². The third-order valence-electron chi connectivity index (χ3n) is 3.91. The Hall–Kier alpha value is -1.81. The first-order valence-electron chi connectivity index (χ1n) is 7.28. The molecule has 0 aliphatic rings.